The van der Waals surface area contributed by atoms with Crippen molar-refractivity contribution in [1.29, 1.82) is 0 Å². The topological polar surface area (TPSA) is 140 Å². The molecule has 1 aliphatic rings. The van der Waals surface area contributed by atoms with E-state index in [2.05, 4.69) is 15.0 Å². The number of ether oxygens (including phenoxy) is 1. The van der Waals surface area contributed by atoms with Crippen LogP contribution >= 0.6 is 11.8 Å². The molecule has 0 aromatic carbocycles. The fourth-order valence-electron chi connectivity index (χ4n) is 2.69. The number of fused-ring (bicyclic) bond motifs is 1. The molecule has 0 unspecified atom stereocenters. The van der Waals surface area contributed by atoms with Crippen LogP contribution in [0.5, 0.6) is 0 Å². The molecule has 0 bridgehead atoms. The smallest absolute Gasteiger partial charge is 0.226 e. The highest BCUT2D eigenvalue weighted by Crippen LogP contribution is 2.47. The van der Waals surface area contributed by atoms with Crippen molar-refractivity contribution in [3.63, 3.8) is 0 Å². The molecule has 126 valence electrons. The van der Waals surface area contributed by atoms with Gasteiger partial charge in [0, 0.05) is 5.25 Å². The van der Waals surface area contributed by atoms with Gasteiger partial charge in [-0.2, -0.15) is 0 Å². The molecule has 1 saturated heterocycles. The summed E-state index contributed by atoms with van der Waals surface area (Å²) in [4.78, 5) is 12.2. The molecule has 1 fully saturated rings. The number of nitrogens with zero attached hydrogens (tertiary/aromatic N) is 4. The number of hydrogen-bond acceptors (Lipinski definition) is 9. The zero-order valence-corrected chi connectivity index (χ0v) is 13.5. The third kappa shape index (κ3) is 2.46. The summed E-state index contributed by atoms with van der Waals surface area (Å²) in [5.74, 6) is 0.213. The third-order valence-electron chi connectivity index (χ3n) is 3.68. The number of rotatable bonds is 4. The molecule has 0 saturated carbocycles. The molecule has 9 nitrogen and oxygen atoms in total. The van der Waals surface area contributed by atoms with Crippen LogP contribution in [0.4, 0.5) is 5.82 Å². The van der Waals surface area contributed by atoms with Crippen LogP contribution in [0, 0.1) is 0 Å². The number of aliphatic hydroxyl groups excluding tert-OH is 3. The first kappa shape index (κ1) is 16.4. The molecule has 3 rings (SSSR count). The molecule has 0 amide bonds. The van der Waals surface area contributed by atoms with Gasteiger partial charge in [-0.15, -0.1) is 0 Å². The second kappa shape index (κ2) is 5.87. The lowest BCUT2D eigenvalue weighted by Gasteiger charge is -2.34. The first-order chi connectivity index (χ1) is 10.9. The Bertz CT molecular complexity index is 711. The molecule has 5 N–H and O–H groups in total. The van der Waals surface area contributed by atoms with Crippen molar-refractivity contribution in [2.75, 3.05) is 12.3 Å². The van der Waals surface area contributed by atoms with Gasteiger partial charge in [-0.1, -0.05) is 25.6 Å². The first-order valence-corrected chi connectivity index (χ1v) is 8.05. The number of anilines is 1. The van der Waals surface area contributed by atoms with Crippen molar-refractivity contribution in [1.82, 2.24) is 19.5 Å². The minimum atomic E-state index is -1.36. The number of thioether (sulfide) groups is 1. The van der Waals surface area contributed by atoms with Crippen LogP contribution < -0.4 is 5.73 Å². The molecular weight excluding hydrogens is 322 g/mol. The molecule has 0 aliphatic carbocycles. The van der Waals surface area contributed by atoms with Gasteiger partial charge >= 0.3 is 0 Å². The standard InChI is InChI=1S/C13H19N5O4S/c1-6(2)23-13(10(21)9(20)7(3-19)22-13)18-5-17-8-11(14)15-4-16-12(8)18/h4-7,9-10,19-21H,3H2,1-2H3,(H2,14,15,16)/t7-,9-,10-,13+/m1/s1. The first-order valence-electron chi connectivity index (χ1n) is 7.17. The lowest BCUT2D eigenvalue weighted by molar-refractivity contribution is -0.0778. The van der Waals surface area contributed by atoms with Crippen LogP contribution in [-0.4, -0.2) is 65.0 Å². The van der Waals surface area contributed by atoms with Gasteiger partial charge in [0.2, 0.25) is 5.06 Å². The zero-order valence-electron chi connectivity index (χ0n) is 12.7. The van der Waals surface area contributed by atoms with Crippen LogP contribution in [0.3, 0.4) is 0 Å². The molecule has 0 radical (unpaired) electrons. The SMILES string of the molecule is CC(C)S[C@@]1(n2cnc3c(N)ncnc32)O[C@H](CO)[C@@H](O)[C@H]1O. The summed E-state index contributed by atoms with van der Waals surface area (Å²) in [7, 11) is 0. The third-order valence-corrected chi connectivity index (χ3v) is 5.02. The maximum absolute atomic E-state index is 10.6. The molecule has 2 aromatic heterocycles. The zero-order chi connectivity index (χ0) is 16.8. The van der Waals surface area contributed by atoms with E-state index in [0.29, 0.717) is 11.2 Å². The number of nitrogens with two attached hydrogens (primary N) is 1. The van der Waals surface area contributed by atoms with E-state index in [1.165, 1.54) is 29.0 Å². The Morgan fingerprint density at radius 2 is 2.13 bits per heavy atom. The summed E-state index contributed by atoms with van der Waals surface area (Å²) in [6.45, 7) is 3.45. The summed E-state index contributed by atoms with van der Waals surface area (Å²) >= 11 is 1.30. The molecule has 10 heteroatoms. The average molecular weight is 341 g/mol. The van der Waals surface area contributed by atoms with E-state index in [9.17, 15) is 15.3 Å². The van der Waals surface area contributed by atoms with Gasteiger partial charge in [-0.3, -0.25) is 4.57 Å². The second-order valence-corrected chi connectivity index (χ2v) is 7.38. The average Bonchev–Trinajstić information content (AvgIpc) is 3.04. The minimum Gasteiger partial charge on any atom is -0.394 e. The number of imidazole rings is 1. The summed E-state index contributed by atoms with van der Waals surface area (Å²) in [5, 5.41) is 28.9. The van der Waals surface area contributed by atoms with Gasteiger partial charge in [0.15, 0.2) is 11.5 Å². The summed E-state index contributed by atoms with van der Waals surface area (Å²) in [6.07, 6.45) is -0.678. The molecular formula is C13H19N5O4S. The van der Waals surface area contributed by atoms with Crippen molar-refractivity contribution in [2.45, 2.75) is 42.5 Å². The highest BCUT2D eigenvalue weighted by atomic mass is 32.2. The monoisotopic (exact) mass is 341 g/mol. The predicted molar refractivity (Wildman–Crippen MR) is 84.4 cm³/mol. The van der Waals surface area contributed by atoms with Gasteiger partial charge in [0.25, 0.3) is 0 Å². The highest BCUT2D eigenvalue weighted by molar-refractivity contribution is 8.00. The maximum atomic E-state index is 10.6. The Hall–Kier alpha value is -1.46. The van der Waals surface area contributed by atoms with Crippen LogP contribution in [0.2, 0.25) is 0 Å². The Morgan fingerprint density at radius 1 is 1.39 bits per heavy atom. The fourth-order valence-corrected chi connectivity index (χ4v) is 4.07. The summed E-state index contributed by atoms with van der Waals surface area (Å²) < 4.78 is 7.40. The Morgan fingerprint density at radius 3 is 2.74 bits per heavy atom. The lowest BCUT2D eigenvalue weighted by atomic mass is 10.1. The lowest BCUT2D eigenvalue weighted by Crippen LogP contribution is -2.43. The number of aliphatic hydroxyl groups is 3. The van der Waals surface area contributed by atoms with Crippen molar-refractivity contribution in [3.05, 3.63) is 12.7 Å². The molecule has 3 heterocycles. The summed E-state index contributed by atoms with van der Waals surface area (Å²) in [6, 6.07) is 0. The van der Waals surface area contributed by atoms with Gasteiger partial charge in [0.1, 0.15) is 36.5 Å². The molecule has 0 spiro atoms. The van der Waals surface area contributed by atoms with E-state index < -0.39 is 30.0 Å². The number of hydrogen-bond donors (Lipinski definition) is 4. The van der Waals surface area contributed by atoms with Crippen molar-refractivity contribution < 1.29 is 20.1 Å². The van der Waals surface area contributed by atoms with E-state index in [-0.39, 0.29) is 11.1 Å². The Labute approximate surface area is 136 Å². The summed E-state index contributed by atoms with van der Waals surface area (Å²) in [5.41, 5.74) is 6.57. The van der Waals surface area contributed by atoms with E-state index >= 15 is 0 Å². The van der Waals surface area contributed by atoms with Crippen molar-refractivity contribution in [2.24, 2.45) is 0 Å². The molecule has 23 heavy (non-hydrogen) atoms. The Kier molecular flexibility index (Phi) is 4.19. The largest absolute Gasteiger partial charge is 0.394 e. The van der Waals surface area contributed by atoms with E-state index in [1.807, 2.05) is 13.8 Å². The predicted octanol–water partition coefficient (Wildman–Crippen LogP) is -0.727. The van der Waals surface area contributed by atoms with Gasteiger partial charge < -0.3 is 25.8 Å². The van der Waals surface area contributed by atoms with Gasteiger partial charge in [-0.05, 0) is 0 Å². The normalized spacial score (nSPS) is 31.3. The van der Waals surface area contributed by atoms with Crippen LogP contribution in [0.25, 0.3) is 11.2 Å². The second-order valence-electron chi connectivity index (χ2n) is 5.62. The van der Waals surface area contributed by atoms with Crippen molar-refractivity contribution in [3.8, 4) is 0 Å². The van der Waals surface area contributed by atoms with E-state index in [1.54, 1.807) is 0 Å². The number of aromatic nitrogens is 4. The highest BCUT2D eigenvalue weighted by Gasteiger charge is 2.57. The molecule has 2 aromatic rings. The Balaban J connectivity index is 2.18. The maximum Gasteiger partial charge on any atom is 0.226 e. The van der Waals surface area contributed by atoms with E-state index in [4.69, 9.17) is 10.5 Å². The molecule has 1 aliphatic heterocycles. The fraction of sp³-hybridized carbons (Fsp3) is 0.615. The van der Waals surface area contributed by atoms with Crippen LogP contribution in [0.15, 0.2) is 12.7 Å². The van der Waals surface area contributed by atoms with E-state index in [0.717, 1.165) is 0 Å². The van der Waals surface area contributed by atoms with Gasteiger partial charge in [-0.25, -0.2) is 15.0 Å². The molecule has 4 atom stereocenters. The van der Waals surface area contributed by atoms with Crippen LogP contribution in [-0.2, 0) is 9.79 Å². The number of nitrogen functional groups attached to an aromatic ring is 1. The van der Waals surface area contributed by atoms with Gasteiger partial charge in [0.05, 0.1) is 6.61 Å². The van der Waals surface area contributed by atoms with Crippen LogP contribution in [0.1, 0.15) is 13.8 Å². The quantitative estimate of drug-likeness (QED) is 0.567. The minimum absolute atomic E-state index is 0.0610. The van der Waals surface area contributed by atoms with Crippen molar-refractivity contribution >= 4 is 28.7 Å².